The minimum atomic E-state index is -0.457. The van der Waals surface area contributed by atoms with Gasteiger partial charge in [-0.3, -0.25) is 9.78 Å². The van der Waals surface area contributed by atoms with E-state index in [0.717, 1.165) is 49.2 Å². The molecule has 160 valence electrons. The largest absolute Gasteiger partial charge is 0.375 e. The van der Waals surface area contributed by atoms with Crippen LogP contribution in [-0.4, -0.2) is 16.8 Å². The van der Waals surface area contributed by atoms with E-state index in [2.05, 4.69) is 36.2 Å². The van der Waals surface area contributed by atoms with Crippen molar-refractivity contribution >= 4 is 29.0 Å². The van der Waals surface area contributed by atoms with Crippen molar-refractivity contribution in [1.82, 2.24) is 4.98 Å². The van der Waals surface area contributed by atoms with E-state index in [1.54, 1.807) is 12.1 Å². The van der Waals surface area contributed by atoms with E-state index in [9.17, 15) is 4.79 Å². The van der Waals surface area contributed by atoms with E-state index in [-0.39, 0.29) is 0 Å². The molecule has 0 fully saturated rings. The molecule has 1 heterocycles. The number of aryl methyl sites for hydroxylation is 2. The van der Waals surface area contributed by atoms with Crippen LogP contribution >= 0.6 is 11.6 Å². The predicted molar refractivity (Wildman–Crippen MR) is 128 cm³/mol. The summed E-state index contributed by atoms with van der Waals surface area (Å²) >= 11 is 5.55. The van der Waals surface area contributed by atoms with E-state index in [4.69, 9.17) is 16.3 Å². The first-order valence-electron chi connectivity index (χ1n) is 10.7. The molecule has 2 aromatic carbocycles. The van der Waals surface area contributed by atoms with Crippen LogP contribution in [0, 0.1) is 0 Å². The van der Waals surface area contributed by atoms with E-state index in [1.807, 2.05) is 42.5 Å². The van der Waals surface area contributed by atoms with Crippen molar-refractivity contribution in [1.29, 1.82) is 0 Å². The lowest BCUT2D eigenvalue weighted by molar-refractivity contribution is 0.108. The summed E-state index contributed by atoms with van der Waals surface area (Å²) in [6, 6.07) is 22.0. The molecule has 3 aromatic rings. The second-order valence-corrected chi connectivity index (χ2v) is 7.81. The van der Waals surface area contributed by atoms with E-state index >= 15 is 0 Å². The summed E-state index contributed by atoms with van der Waals surface area (Å²) < 4.78 is 5.82. The molecule has 0 bridgehead atoms. The van der Waals surface area contributed by atoms with Crippen LogP contribution in [0.4, 0.5) is 0 Å². The molecule has 3 nitrogen and oxygen atoms in total. The Balaban J connectivity index is 1.42. The number of unbranched alkanes of at least 4 members (excludes halogenated alkanes) is 1. The third-order valence-corrected chi connectivity index (χ3v) is 5.29. The summed E-state index contributed by atoms with van der Waals surface area (Å²) in [5.41, 5.74) is 5.91. The van der Waals surface area contributed by atoms with Gasteiger partial charge >= 0.3 is 0 Å². The fraction of sp³-hybridized carbons (Fsp3) is 0.259. The average molecular weight is 434 g/mol. The normalized spacial score (nSPS) is 11.2. The summed E-state index contributed by atoms with van der Waals surface area (Å²) in [5, 5.41) is -0.457. The van der Waals surface area contributed by atoms with Gasteiger partial charge in [-0.15, -0.1) is 0 Å². The van der Waals surface area contributed by atoms with Crippen molar-refractivity contribution in [2.75, 3.05) is 6.61 Å². The van der Waals surface area contributed by atoms with Gasteiger partial charge in [0.2, 0.25) is 0 Å². The Morgan fingerprint density at radius 3 is 2.52 bits per heavy atom. The van der Waals surface area contributed by atoms with Gasteiger partial charge in [-0.05, 0) is 78.2 Å². The zero-order valence-electron chi connectivity index (χ0n) is 17.9. The maximum atomic E-state index is 11.3. The molecule has 0 aliphatic rings. The fourth-order valence-corrected chi connectivity index (χ4v) is 3.39. The lowest BCUT2D eigenvalue weighted by atomic mass is 10.1. The molecule has 0 saturated heterocycles. The number of hydrogen-bond acceptors (Lipinski definition) is 3. The Kier molecular flexibility index (Phi) is 9.01. The molecule has 0 spiro atoms. The summed E-state index contributed by atoms with van der Waals surface area (Å²) in [6.45, 7) is 3.41. The van der Waals surface area contributed by atoms with Gasteiger partial charge in [-0.2, -0.15) is 0 Å². The van der Waals surface area contributed by atoms with Crippen molar-refractivity contribution < 1.29 is 9.53 Å². The Labute approximate surface area is 189 Å². The quantitative estimate of drug-likeness (QED) is 0.248. The molecule has 31 heavy (non-hydrogen) atoms. The van der Waals surface area contributed by atoms with Gasteiger partial charge in [0.25, 0.3) is 5.24 Å². The number of halogens is 1. The Bertz CT molecular complexity index is 1010. The second kappa shape index (κ2) is 12.2. The molecule has 0 atom stereocenters. The van der Waals surface area contributed by atoms with Crippen molar-refractivity contribution in [2.24, 2.45) is 0 Å². The molecule has 0 radical (unpaired) electrons. The first kappa shape index (κ1) is 22.9. The SMILES string of the molecule is CCc1ccc(CCCCOCc2cccc(/C=C/c3cccc(C(=O)Cl)c3)n2)cc1. The van der Waals surface area contributed by atoms with Gasteiger partial charge in [0.1, 0.15) is 0 Å². The van der Waals surface area contributed by atoms with Crippen LogP contribution in [0.1, 0.15) is 58.2 Å². The molecule has 4 heteroatoms. The lowest BCUT2D eigenvalue weighted by Crippen LogP contribution is -1.99. The first-order chi connectivity index (χ1) is 15.1. The zero-order chi connectivity index (χ0) is 21.9. The smallest absolute Gasteiger partial charge is 0.252 e. The maximum absolute atomic E-state index is 11.3. The molecule has 3 rings (SSSR count). The topological polar surface area (TPSA) is 39.2 Å². The highest BCUT2D eigenvalue weighted by atomic mass is 35.5. The highest BCUT2D eigenvalue weighted by Gasteiger charge is 2.01. The Morgan fingerprint density at radius 2 is 1.74 bits per heavy atom. The molecule has 0 saturated carbocycles. The number of aromatic nitrogens is 1. The molecule has 0 aliphatic heterocycles. The molecule has 0 amide bonds. The van der Waals surface area contributed by atoms with Gasteiger partial charge in [-0.25, -0.2) is 0 Å². The van der Waals surface area contributed by atoms with Crippen LogP contribution in [0.5, 0.6) is 0 Å². The number of carbonyl (C=O) groups is 1. The van der Waals surface area contributed by atoms with Gasteiger partial charge in [0.05, 0.1) is 18.0 Å². The predicted octanol–water partition coefficient (Wildman–Crippen LogP) is 6.73. The second-order valence-electron chi connectivity index (χ2n) is 7.47. The van der Waals surface area contributed by atoms with Crippen LogP contribution in [0.3, 0.4) is 0 Å². The van der Waals surface area contributed by atoms with Gasteiger partial charge in [-0.1, -0.05) is 61.5 Å². The van der Waals surface area contributed by atoms with Crippen LogP contribution < -0.4 is 0 Å². The number of benzene rings is 2. The summed E-state index contributed by atoms with van der Waals surface area (Å²) in [6.07, 6.45) is 8.16. The van der Waals surface area contributed by atoms with Crippen molar-refractivity contribution in [3.8, 4) is 0 Å². The van der Waals surface area contributed by atoms with Crippen LogP contribution in [0.25, 0.3) is 12.2 Å². The standard InChI is InChI=1S/C27H28ClNO2/c1-2-21-12-14-22(15-13-21)7-3-4-18-31-20-26-11-6-10-25(29-26)17-16-23-8-5-9-24(19-23)27(28)30/h5-6,8-17,19H,2-4,7,18,20H2,1H3/b17-16+. The highest BCUT2D eigenvalue weighted by molar-refractivity contribution is 6.67. The van der Waals surface area contributed by atoms with Crippen LogP contribution in [-0.2, 0) is 24.2 Å². The minimum Gasteiger partial charge on any atom is -0.375 e. The molecule has 1 aromatic heterocycles. The summed E-state index contributed by atoms with van der Waals surface area (Å²) in [7, 11) is 0. The van der Waals surface area contributed by atoms with E-state index < -0.39 is 5.24 Å². The summed E-state index contributed by atoms with van der Waals surface area (Å²) in [4.78, 5) is 15.9. The molecule has 0 unspecified atom stereocenters. The minimum absolute atomic E-state index is 0.457. The highest BCUT2D eigenvalue weighted by Crippen LogP contribution is 2.12. The molecular weight excluding hydrogens is 406 g/mol. The van der Waals surface area contributed by atoms with Gasteiger partial charge in [0.15, 0.2) is 0 Å². The Morgan fingerprint density at radius 1 is 0.968 bits per heavy atom. The number of rotatable bonds is 11. The number of hydrogen-bond donors (Lipinski definition) is 0. The van der Waals surface area contributed by atoms with E-state index in [0.29, 0.717) is 12.2 Å². The zero-order valence-corrected chi connectivity index (χ0v) is 18.6. The van der Waals surface area contributed by atoms with E-state index in [1.165, 1.54) is 11.1 Å². The first-order valence-corrected chi connectivity index (χ1v) is 11.1. The number of ether oxygens (including phenoxy) is 1. The van der Waals surface area contributed by atoms with Crippen molar-refractivity contribution in [3.05, 3.63) is 100 Å². The van der Waals surface area contributed by atoms with Crippen LogP contribution in [0.15, 0.2) is 66.7 Å². The third-order valence-electron chi connectivity index (χ3n) is 5.07. The fourth-order valence-electron chi connectivity index (χ4n) is 3.27. The molecule has 0 aliphatic carbocycles. The Hall–Kier alpha value is -2.75. The third kappa shape index (κ3) is 7.78. The monoisotopic (exact) mass is 433 g/mol. The number of pyridine rings is 1. The van der Waals surface area contributed by atoms with Gasteiger partial charge < -0.3 is 4.74 Å². The summed E-state index contributed by atoms with van der Waals surface area (Å²) in [5.74, 6) is 0. The van der Waals surface area contributed by atoms with Gasteiger partial charge in [0, 0.05) is 12.2 Å². The average Bonchev–Trinajstić information content (AvgIpc) is 2.81. The number of carbonyl (C=O) groups excluding carboxylic acids is 1. The maximum Gasteiger partial charge on any atom is 0.252 e. The number of nitrogens with zero attached hydrogens (tertiary/aromatic N) is 1. The van der Waals surface area contributed by atoms with Crippen LogP contribution in [0.2, 0.25) is 0 Å². The molecule has 0 N–H and O–H groups in total. The van der Waals surface area contributed by atoms with Crippen molar-refractivity contribution in [2.45, 2.75) is 39.2 Å². The van der Waals surface area contributed by atoms with Crippen molar-refractivity contribution in [3.63, 3.8) is 0 Å². The lowest BCUT2D eigenvalue weighted by Gasteiger charge is -2.06. The molecular formula is C27H28ClNO2.